The van der Waals surface area contributed by atoms with Crippen LogP contribution in [0.4, 0.5) is 0 Å². The summed E-state index contributed by atoms with van der Waals surface area (Å²) in [5.74, 6) is 0.0456. The number of carbonyl (C=O) groups excluding carboxylic acids is 1. The maximum atomic E-state index is 12.5. The fraction of sp³-hybridized carbons (Fsp3) is 0.429. The van der Waals surface area contributed by atoms with E-state index in [4.69, 9.17) is 0 Å². The van der Waals surface area contributed by atoms with Crippen LogP contribution in [-0.2, 0) is 27.8 Å². The van der Waals surface area contributed by atoms with Gasteiger partial charge in [-0.2, -0.15) is 5.10 Å². The lowest BCUT2D eigenvalue weighted by atomic mass is 10.1. The molecule has 9 heteroatoms. The average Bonchev–Trinajstić information content (AvgIpc) is 3.14. The number of aromatic nitrogens is 2. The fourth-order valence-electron chi connectivity index (χ4n) is 2.65. The molecule has 0 fully saturated rings. The molecule has 0 saturated carbocycles. The molecule has 0 radical (unpaired) electrons. The summed E-state index contributed by atoms with van der Waals surface area (Å²) in [6.07, 6.45) is 3.17. The molecule has 2 aromatic heterocycles. The summed E-state index contributed by atoms with van der Waals surface area (Å²) in [6.45, 7) is 1.16. The number of rotatable bonds is 5. The van der Waals surface area contributed by atoms with Gasteiger partial charge in [0.1, 0.15) is 0 Å². The second-order valence-electron chi connectivity index (χ2n) is 5.57. The van der Waals surface area contributed by atoms with Gasteiger partial charge >= 0.3 is 0 Å². The Hall–Kier alpha value is -1.71. The minimum Gasteiger partial charge on any atom is -0.334 e. The Morgan fingerprint density at radius 1 is 1.48 bits per heavy atom. The third-order valence-electron chi connectivity index (χ3n) is 3.72. The molecule has 1 atom stereocenters. The molecular formula is C14H18N4O3S2. The lowest BCUT2D eigenvalue weighted by Gasteiger charge is -2.34. The molecule has 1 aliphatic rings. The number of sulfonamides is 1. The van der Waals surface area contributed by atoms with E-state index >= 15 is 0 Å². The highest BCUT2D eigenvalue weighted by molar-refractivity contribution is 7.88. The van der Waals surface area contributed by atoms with E-state index in [9.17, 15) is 13.2 Å². The number of hydrogen-bond donors (Lipinski definition) is 1. The van der Waals surface area contributed by atoms with Crippen LogP contribution in [0.5, 0.6) is 0 Å². The Labute approximate surface area is 139 Å². The second-order valence-corrected chi connectivity index (χ2v) is 8.44. The molecule has 2 aromatic rings. The quantitative estimate of drug-likeness (QED) is 0.853. The lowest BCUT2D eigenvalue weighted by Crippen LogP contribution is -2.45. The Morgan fingerprint density at radius 3 is 3.00 bits per heavy atom. The molecule has 3 rings (SSSR count). The summed E-state index contributed by atoms with van der Waals surface area (Å²) < 4.78 is 27.0. The standard InChI is InChI=1S/C14H18N4O3S2/c1-23(20,21)16-8-12-10-17(9-11-4-5-15-18(11)12)14(19)7-13-3-2-6-22-13/h2-6,12,16H,7-10H2,1H3/t12-/m0/s1. The number of carbonyl (C=O) groups is 1. The largest absolute Gasteiger partial charge is 0.334 e. The van der Waals surface area contributed by atoms with Crippen LogP contribution in [0.15, 0.2) is 29.8 Å². The van der Waals surface area contributed by atoms with E-state index in [-0.39, 0.29) is 18.5 Å². The predicted octanol–water partition coefficient (Wildman–Crippen LogP) is 0.620. The lowest BCUT2D eigenvalue weighted by molar-refractivity contribution is -0.132. The van der Waals surface area contributed by atoms with Crippen LogP contribution in [0.2, 0.25) is 0 Å². The molecule has 124 valence electrons. The zero-order chi connectivity index (χ0) is 16.4. The second kappa shape index (κ2) is 6.42. The number of hydrogen-bond acceptors (Lipinski definition) is 5. The van der Waals surface area contributed by atoms with E-state index in [0.29, 0.717) is 19.5 Å². The normalized spacial score (nSPS) is 18.0. The van der Waals surface area contributed by atoms with Crippen molar-refractivity contribution in [2.24, 2.45) is 0 Å². The molecule has 1 amide bonds. The van der Waals surface area contributed by atoms with Crippen molar-refractivity contribution in [3.05, 3.63) is 40.3 Å². The average molecular weight is 354 g/mol. The Morgan fingerprint density at radius 2 is 2.30 bits per heavy atom. The van der Waals surface area contributed by atoms with E-state index in [0.717, 1.165) is 16.8 Å². The van der Waals surface area contributed by atoms with Crippen LogP contribution >= 0.6 is 11.3 Å². The van der Waals surface area contributed by atoms with Gasteiger partial charge in [-0.15, -0.1) is 11.3 Å². The number of amides is 1. The van der Waals surface area contributed by atoms with Gasteiger partial charge in [-0.3, -0.25) is 9.48 Å². The van der Waals surface area contributed by atoms with Gasteiger partial charge in [-0.05, 0) is 17.5 Å². The summed E-state index contributed by atoms with van der Waals surface area (Å²) in [6, 6.07) is 5.53. The van der Waals surface area contributed by atoms with Crippen LogP contribution < -0.4 is 4.72 Å². The van der Waals surface area contributed by atoms with Crippen molar-refractivity contribution in [1.82, 2.24) is 19.4 Å². The summed E-state index contributed by atoms with van der Waals surface area (Å²) in [4.78, 5) is 15.3. The highest BCUT2D eigenvalue weighted by atomic mass is 32.2. The number of thiophene rings is 1. The first-order valence-corrected chi connectivity index (χ1v) is 9.96. The van der Waals surface area contributed by atoms with Crippen LogP contribution in [0.25, 0.3) is 0 Å². The monoisotopic (exact) mass is 354 g/mol. The molecule has 0 spiro atoms. The van der Waals surface area contributed by atoms with E-state index in [1.165, 1.54) is 0 Å². The molecule has 1 N–H and O–H groups in total. The van der Waals surface area contributed by atoms with Gasteiger partial charge in [-0.25, -0.2) is 13.1 Å². The maximum Gasteiger partial charge on any atom is 0.228 e. The van der Waals surface area contributed by atoms with Gasteiger partial charge in [0, 0.05) is 24.2 Å². The molecule has 0 aliphatic carbocycles. The van der Waals surface area contributed by atoms with Crippen molar-refractivity contribution >= 4 is 27.3 Å². The predicted molar refractivity (Wildman–Crippen MR) is 87.6 cm³/mol. The zero-order valence-corrected chi connectivity index (χ0v) is 14.3. The van der Waals surface area contributed by atoms with Crippen molar-refractivity contribution in [1.29, 1.82) is 0 Å². The van der Waals surface area contributed by atoms with Crippen LogP contribution in [0.1, 0.15) is 16.6 Å². The van der Waals surface area contributed by atoms with Crippen LogP contribution in [-0.4, -0.2) is 48.4 Å². The van der Waals surface area contributed by atoms with Crippen LogP contribution in [0.3, 0.4) is 0 Å². The molecule has 3 heterocycles. The van der Waals surface area contributed by atoms with Crippen LogP contribution in [0, 0.1) is 0 Å². The van der Waals surface area contributed by atoms with Crippen molar-refractivity contribution in [2.75, 3.05) is 19.3 Å². The fourth-order valence-corrected chi connectivity index (χ4v) is 3.84. The van der Waals surface area contributed by atoms with E-state index in [1.54, 1.807) is 27.1 Å². The molecular weight excluding hydrogens is 336 g/mol. The van der Waals surface area contributed by atoms with Gasteiger partial charge in [0.15, 0.2) is 0 Å². The molecule has 0 saturated heterocycles. The van der Waals surface area contributed by atoms with E-state index < -0.39 is 10.0 Å². The SMILES string of the molecule is CS(=O)(=O)NC[C@H]1CN(C(=O)Cc2cccs2)Cc2ccnn21. The maximum absolute atomic E-state index is 12.5. The number of nitrogens with one attached hydrogen (secondary N) is 1. The number of fused-ring (bicyclic) bond motifs is 1. The van der Waals surface area contributed by atoms with Crippen molar-refractivity contribution in [3.8, 4) is 0 Å². The van der Waals surface area contributed by atoms with Crippen molar-refractivity contribution in [3.63, 3.8) is 0 Å². The molecule has 23 heavy (non-hydrogen) atoms. The summed E-state index contributed by atoms with van der Waals surface area (Å²) in [5, 5.41) is 6.21. The first-order chi connectivity index (χ1) is 10.9. The summed E-state index contributed by atoms with van der Waals surface area (Å²) in [5.41, 5.74) is 0.913. The Balaban J connectivity index is 1.73. The zero-order valence-electron chi connectivity index (χ0n) is 12.7. The minimum absolute atomic E-state index is 0.0456. The number of nitrogens with zero attached hydrogens (tertiary/aromatic N) is 3. The third-order valence-corrected chi connectivity index (χ3v) is 5.29. The minimum atomic E-state index is -3.28. The van der Waals surface area contributed by atoms with Gasteiger partial charge in [0.2, 0.25) is 15.9 Å². The molecule has 1 aliphatic heterocycles. The Bertz CT molecular complexity index is 783. The smallest absolute Gasteiger partial charge is 0.228 e. The molecule has 7 nitrogen and oxygen atoms in total. The van der Waals surface area contributed by atoms with Crippen molar-refractivity contribution < 1.29 is 13.2 Å². The van der Waals surface area contributed by atoms with Gasteiger partial charge in [-0.1, -0.05) is 6.07 Å². The van der Waals surface area contributed by atoms with Gasteiger partial charge in [0.05, 0.1) is 31.0 Å². The molecule has 0 bridgehead atoms. The first-order valence-electron chi connectivity index (χ1n) is 7.19. The molecule has 0 unspecified atom stereocenters. The molecule has 0 aromatic carbocycles. The topological polar surface area (TPSA) is 84.3 Å². The van der Waals surface area contributed by atoms with Gasteiger partial charge in [0.25, 0.3) is 0 Å². The highest BCUT2D eigenvalue weighted by Crippen LogP contribution is 2.21. The highest BCUT2D eigenvalue weighted by Gasteiger charge is 2.29. The van der Waals surface area contributed by atoms with E-state index in [2.05, 4.69) is 9.82 Å². The summed E-state index contributed by atoms with van der Waals surface area (Å²) >= 11 is 1.56. The summed E-state index contributed by atoms with van der Waals surface area (Å²) in [7, 11) is -3.28. The van der Waals surface area contributed by atoms with E-state index in [1.807, 2.05) is 23.6 Å². The van der Waals surface area contributed by atoms with Gasteiger partial charge < -0.3 is 4.90 Å². The first kappa shape index (κ1) is 16.2. The van der Waals surface area contributed by atoms with Crippen molar-refractivity contribution in [2.45, 2.75) is 19.0 Å². The Kier molecular flexibility index (Phi) is 4.51. The third kappa shape index (κ3) is 3.98.